The Morgan fingerprint density at radius 1 is 1.12 bits per heavy atom. The zero-order valence-corrected chi connectivity index (χ0v) is 25.8. The van der Waals surface area contributed by atoms with Crippen LogP contribution in [0.4, 0.5) is 5.69 Å². The van der Waals surface area contributed by atoms with Crippen molar-refractivity contribution >= 4 is 40.9 Å². The number of carbonyl (C=O) groups is 1. The van der Waals surface area contributed by atoms with Crippen molar-refractivity contribution in [2.24, 2.45) is 5.92 Å². The van der Waals surface area contributed by atoms with Gasteiger partial charge in [-0.2, -0.15) is 0 Å². The number of halogens is 2. The largest absolute Gasteiger partial charge is 0.493 e. The molecule has 1 saturated carbocycles. The number of aromatic nitrogens is 1. The number of hydrogen-bond donors (Lipinski definition) is 2. The highest BCUT2D eigenvalue weighted by atomic mass is 35.5. The Kier molecular flexibility index (Phi) is 8.01. The minimum absolute atomic E-state index is 0.215. The maximum Gasteiger partial charge on any atom is 0.329 e. The van der Waals surface area contributed by atoms with Crippen LogP contribution < -0.4 is 10.1 Å². The van der Waals surface area contributed by atoms with Gasteiger partial charge in [0.25, 0.3) is 0 Å². The minimum atomic E-state index is -1.05. The van der Waals surface area contributed by atoms with Gasteiger partial charge >= 0.3 is 5.97 Å². The summed E-state index contributed by atoms with van der Waals surface area (Å²) in [5.41, 5.74) is 5.67. The molecule has 0 unspecified atom stereocenters. The molecule has 7 heteroatoms. The van der Waals surface area contributed by atoms with Gasteiger partial charge in [-0.05, 0) is 111 Å². The van der Waals surface area contributed by atoms with E-state index in [0.717, 1.165) is 42.7 Å². The molecule has 0 amide bonds. The van der Waals surface area contributed by atoms with Crippen molar-refractivity contribution in [2.45, 2.75) is 82.1 Å². The van der Waals surface area contributed by atoms with Gasteiger partial charge in [0.15, 0.2) is 0 Å². The van der Waals surface area contributed by atoms with E-state index in [4.69, 9.17) is 27.9 Å². The summed E-state index contributed by atoms with van der Waals surface area (Å²) in [5.74, 6) is 0.885. The maximum absolute atomic E-state index is 12.7. The first-order valence-corrected chi connectivity index (χ1v) is 15.8. The summed E-state index contributed by atoms with van der Waals surface area (Å²) in [4.78, 5) is 17.3. The number of benzene rings is 2. The molecule has 1 spiro atoms. The second kappa shape index (κ2) is 11.6. The molecule has 0 aliphatic heterocycles. The van der Waals surface area contributed by atoms with Crippen LogP contribution in [-0.4, -0.2) is 28.2 Å². The van der Waals surface area contributed by atoms with Crippen LogP contribution in [0.5, 0.6) is 5.75 Å². The van der Waals surface area contributed by atoms with E-state index in [1.165, 1.54) is 35.2 Å². The average Bonchev–Trinajstić information content (AvgIpc) is 3.24. The first-order chi connectivity index (χ1) is 20.2. The molecular weight excluding hydrogens is 567 g/mol. The number of carboxylic acids is 1. The van der Waals surface area contributed by atoms with Crippen LogP contribution in [0.3, 0.4) is 0 Å². The number of anilines is 1. The maximum atomic E-state index is 12.7. The molecule has 1 heterocycles. The lowest BCUT2D eigenvalue weighted by atomic mass is 9.61. The van der Waals surface area contributed by atoms with Crippen molar-refractivity contribution in [1.82, 2.24) is 4.98 Å². The number of aliphatic carboxylic acids is 1. The first-order valence-electron chi connectivity index (χ1n) is 15.1. The van der Waals surface area contributed by atoms with Gasteiger partial charge in [0.05, 0.1) is 6.61 Å². The Morgan fingerprint density at radius 3 is 2.67 bits per heavy atom. The molecule has 6 rings (SSSR count). The lowest BCUT2D eigenvalue weighted by Gasteiger charge is -2.46. The van der Waals surface area contributed by atoms with Crippen LogP contribution in [0.2, 0.25) is 10.0 Å². The molecule has 0 saturated heterocycles. The van der Waals surface area contributed by atoms with Crippen molar-refractivity contribution < 1.29 is 14.6 Å². The molecule has 220 valence electrons. The molecule has 2 aromatic carbocycles. The number of hydrogen-bond acceptors (Lipinski definition) is 4. The number of nitrogens with zero attached hydrogens (tertiary/aromatic N) is 1. The number of rotatable bonds is 8. The number of ether oxygens (including phenoxy) is 1. The number of pyridine rings is 1. The average molecular weight is 606 g/mol. The van der Waals surface area contributed by atoms with E-state index in [1.807, 2.05) is 36.5 Å². The van der Waals surface area contributed by atoms with Crippen molar-refractivity contribution in [3.8, 4) is 5.75 Å². The highest BCUT2D eigenvalue weighted by Gasteiger charge is 2.51. The summed E-state index contributed by atoms with van der Waals surface area (Å²) >= 11 is 12.6. The van der Waals surface area contributed by atoms with Gasteiger partial charge in [-0.25, -0.2) is 4.79 Å². The predicted molar refractivity (Wildman–Crippen MR) is 170 cm³/mol. The van der Waals surface area contributed by atoms with Crippen LogP contribution in [-0.2, 0) is 16.6 Å². The fourth-order valence-electron chi connectivity index (χ4n) is 7.51. The predicted octanol–water partition coefficient (Wildman–Crippen LogP) is 9.08. The second-order valence-electron chi connectivity index (χ2n) is 12.6. The standard InChI is InChI=1S/C35H38Cl2N2O3/c1-22(21-42-31-11-16-38-30-8-3-5-23(2)32(30)31)17-25-18-24-19-27(37)9-10-29(24)34(25)12-14-35(15-13-34,33(40)41)39-28-7-4-6-26(36)20-28/h4,6-7,9-11,16,18-20,22-23,39H,3,5,8,12-15,17,21H2,1-2H3,(H,40,41)/t22-,23-,34?,35?/m1/s1. The summed E-state index contributed by atoms with van der Waals surface area (Å²) in [6.45, 7) is 5.13. The quantitative estimate of drug-likeness (QED) is 0.268. The molecule has 2 atom stereocenters. The van der Waals surface area contributed by atoms with E-state index in [-0.39, 0.29) is 11.3 Å². The number of nitrogens with one attached hydrogen (secondary N) is 1. The van der Waals surface area contributed by atoms with Gasteiger partial charge < -0.3 is 15.2 Å². The van der Waals surface area contributed by atoms with Gasteiger partial charge in [0, 0.05) is 38.6 Å². The Bertz CT molecular complexity index is 1530. The molecule has 3 aromatic rings. The van der Waals surface area contributed by atoms with Crippen LogP contribution >= 0.6 is 23.2 Å². The number of fused-ring (bicyclic) bond motifs is 3. The third-order valence-corrected chi connectivity index (χ3v) is 10.2. The van der Waals surface area contributed by atoms with E-state index in [2.05, 4.69) is 36.3 Å². The van der Waals surface area contributed by atoms with Crippen molar-refractivity contribution in [1.29, 1.82) is 0 Å². The zero-order chi connectivity index (χ0) is 29.5. The summed E-state index contributed by atoms with van der Waals surface area (Å²) in [6.07, 6.45) is 10.9. The molecule has 1 aromatic heterocycles. The van der Waals surface area contributed by atoms with Gasteiger partial charge in [-0.1, -0.05) is 60.8 Å². The molecule has 1 fully saturated rings. The Morgan fingerprint density at radius 2 is 1.90 bits per heavy atom. The molecule has 3 aliphatic carbocycles. The van der Waals surface area contributed by atoms with Gasteiger partial charge in [0.1, 0.15) is 11.3 Å². The fraction of sp³-hybridized carbons (Fsp3) is 0.429. The van der Waals surface area contributed by atoms with E-state index < -0.39 is 11.5 Å². The smallest absolute Gasteiger partial charge is 0.329 e. The van der Waals surface area contributed by atoms with Gasteiger partial charge in [-0.15, -0.1) is 0 Å². The van der Waals surface area contributed by atoms with E-state index in [1.54, 1.807) is 12.1 Å². The molecule has 0 bridgehead atoms. The Balaban J connectivity index is 1.22. The highest BCUT2D eigenvalue weighted by Crippen LogP contribution is 2.55. The van der Waals surface area contributed by atoms with E-state index >= 15 is 0 Å². The second-order valence-corrected chi connectivity index (χ2v) is 13.5. The molecule has 5 nitrogen and oxygen atoms in total. The number of allylic oxidation sites excluding steroid dienone is 1. The van der Waals surface area contributed by atoms with Crippen molar-refractivity contribution in [3.63, 3.8) is 0 Å². The third kappa shape index (κ3) is 5.42. The van der Waals surface area contributed by atoms with Crippen LogP contribution in [0.25, 0.3) is 6.08 Å². The topological polar surface area (TPSA) is 71.5 Å². The lowest BCUT2D eigenvalue weighted by Crippen LogP contribution is -2.52. The zero-order valence-electron chi connectivity index (χ0n) is 24.3. The normalized spacial score (nSPS) is 25.3. The van der Waals surface area contributed by atoms with Crippen molar-refractivity contribution in [3.05, 3.63) is 92.7 Å². The monoisotopic (exact) mass is 604 g/mol. The Hall–Kier alpha value is -3.02. The minimum Gasteiger partial charge on any atom is -0.493 e. The molecule has 0 radical (unpaired) electrons. The van der Waals surface area contributed by atoms with Crippen LogP contribution in [0, 0.1) is 5.92 Å². The van der Waals surface area contributed by atoms with Crippen molar-refractivity contribution in [2.75, 3.05) is 11.9 Å². The molecule has 2 N–H and O–H groups in total. The molecule has 3 aliphatic rings. The number of aryl methyl sites for hydroxylation is 1. The summed E-state index contributed by atoms with van der Waals surface area (Å²) in [5, 5.41) is 15.1. The highest BCUT2D eigenvalue weighted by molar-refractivity contribution is 6.31. The summed E-state index contributed by atoms with van der Waals surface area (Å²) in [6, 6.07) is 15.5. The summed E-state index contributed by atoms with van der Waals surface area (Å²) in [7, 11) is 0. The SMILES string of the molecule is C[C@@H](COc1ccnc2c1[C@H](C)CCC2)CC1=Cc2cc(Cl)ccc2C12CCC(Nc1cccc(Cl)c1)(C(=O)O)CC2. The Labute approximate surface area is 258 Å². The van der Waals surface area contributed by atoms with Crippen LogP contribution in [0.1, 0.15) is 87.1 Å². The first kappa shape index (κ1) is 29.1. The fourth-order valence-corrected chi connectivity index (χ4v) is 7.88. The van der Waals surface area contributed by atoms with Gasteiger partial charge in [0.2, 0.25) is 0 Å². The number of carboxylic acid groups (broad SMARTS) is 1. The van der Waals surface area contributed by atoms with E-state index in [0.29, 0.717) is 35.4 Å². The molecular formula is C35H38Cl2N2O3. The molecule has 42 heavy (non-hydrogen) atoms. The third-order valence-electron chi connectivity index (χ3n) is 9.72. The summed E-state index contributed by atoms with van der Waals surface area (Å²) < 4.78 is 6.47. The van der Waals surface area contributed by atoms with E-state index in [9.17, 15) is 9.90 Å². The lowest BCUT2D eigenvalue weighted by molar-refractivity contribution is -0.143. The van der Waals surface area contributed by atoms with Crippen LogP contribution in [0.15, 0.2) is 60.3 Å². The van der Waals surface area contributed by atoms with Gasteiger partial charge in [-0.3, -0.25) is 4.98 Å².